The Hall–Kier alpha value is -0.280. The van der Waals surface area contributed by atoms with Crippen LogP contribution in [0.1, 0.15) is 47.0 Å². The van der Waals surface area contributed by atoms with E-state index < -0.39 is 0 Å². The highest BCUT2D eigenvalue weighted by molar-refractivity contribution is 5.85. The highest BCUT2D eigenvalue weighted by atomic mass is 35.5. The first kappa shape index (κ1) is 17.7. The molecule has 1 rings (SSSR count). The third-order valence-electron chi connectivity index (χ3n) is 3.53. The van der Waals surface area contributed by atoms with Crippen molar-refractivity contribution in [2.75, 3.05) is 19.6 Å². The lowest BCUT2D eigenvalue weighted by Gasteiger charge is -2.25. The second kappa shape index (κ2) is 8.00. The average molecular weight is 277 g/mol. The monoisotopic (exact) mass is 276 g/mol. The first-order chi connectivity index (χ1) is 7.92. The van der Waals surface area contributed by atoms with Gasteiger partial charge < -0.3 is 10.6 Å². The Balaban J connectivity index is 0.00000289. The van der Waals surface area contributed by atoms with E-state index in [1.807, 2.05) is 13.8 Å². The minimum absolute atomic E-state index is 0. The van der Waals surface area contributed by atoms with Crippen LogP contribution in [0.15, 0.2) is 0 Å². The lowest BCUT2D eigenvalue weighted by molar-refractivity contribution is -0.130. The fourth-order valence-corrected chi connectivity index (χ4v) is 2.70. The maximum atomic E-state index is 12.0. The summed E-state index contributed by atoms with van der Waals surface area (Å²) in [7, 11) is 0. The van der Waals surface area contributed by atoms with Gasteiger partial charge in [-0.1, -0.05) is 27.7 Å². The van der Waals surface area contributed by atoms with Crippen LogP contribution in [0.5, 0.6) is 0 Å². The van der Waals surface area contributed by atoms with Crippen LogP contribution in [-0.2, 0) is 4.79 Å². The first-order valence-electron chi connectivity index (χ1n) is 6.91. The van der Waals surface area contributed by atoms with Gasteiger partial charge >= 0.3 is 0 Å². The molecule has 0 spiro atoms. The lowest BCUT2D eigenvalue weighted by Crippen LogP contribution is -2.38. The number of amides is 1. The summed E-state index contributed by atoms with van der Waals surface area (Å²) in [5.74, 6) is 1.52. The van der Waals surface area contributed by atoms with Crippen molar-refractivity contribution in [3.8, 4) is 0 Å². The van der Waals surface area contributed by atoms with Gasteiger partial charge in [-0.25, -0.2) is 0 Å². The molecule has 1 atom stereocenters. The largest absolute Gasteiger partial charge is 0.356 e. The molecule has 108 valence electrons. The molecule has 0 saturated carbocycles. The second-order valence-electron chi connectivity index (χ2n) is 6.39. The number of carbonyl (C=O) groups is 1. The summed E-state index contributed by atoms with van der Waals surface area (Å²) in [6, 6.07) is 0. The van der Waals surface area contributed by atoms with E-state index in [1.54, 1.807) is 0 Å². The molecule has 1 heterocycles. The first-order valence-corrected chi connectivity index (χ1v) is 6.91. The van der Waals surface area contributed by atoms with Gasteiger partial charge in [-0.15, -0.1) is 12.4 Å². The number of rotatable bonds is 6. The third kappa shape index (κ3) is 6.05. The predicted octanol–water partition coefficient (Wildman–Crippen LogP) is 2.60. The molecule has 0 aliphatic carbocycles. The van der Waals surface area contributed by atoms with Gasteiger partial charge in [0, 0.05) is 12.0 Å². The van der Waals surface area contributed by atoms with Crippen molar-refractivity contribution in [1.29, 1.82) is 0 Å². The number of hydrogen-bond donors (Lipinski definition) is 2. The summed E-state index contributed by atoms with van der Waals surface area (Å²) in [4.78, 5) is 12.0. The van der Waals surface area contributed by atoms with Crippen molar-refractivity contribution in [3.05, 3.63) is 0 Å². The molecule has 1 amide bonds. The molecular formula is C14H29ClN2O. The Labute approximate surface area is 118 Å². The van der Waals surface area contributed by atoms with Crippen LogP contribution in [0.2, 0.25) is 0 Å². The van der Waals surface area contributed by atoms with Gasteiger partial charge in [0.2, 0.25) is 5.91 Å². The summed E-state index contributed by atoms with van der Waals surface area (Å²) in [6.45, 7) is 11.5. The molecule has 18 heavy (non-hydrogen) atoms. The minimum Gasteiger partial charge on any atom is -0.356 e. The predicted molar refractivity (Wildman–Crippen MR) is 79.1 cm³/mol. The van der Waals surface area contributed by atoms with E-state index in [2.05, 4.69) is 24.5 Å². The Morgan fingerprint density at radius 3 is 2.61 bits per heavy atom. The fourth-order valence-electron chi connectivity index (χ4n) is 2.70. The summed E-state index contributed by atoms with van der Waals surface area (Å²) in [5.41, 5.74) is -0.234. The minimum atomic E-state index is -0.234. The van der Waals surface area contributed by atoms with Crippen LogP contribution in [0.3, 0.4) is 0 Å². The van der Waals surface area contributed by atoms with E-state index in [-0.39, 0.29) is 23.7 Å². The molecule has 0 bridgehead atoms. The van der Waals surface area contributed by atoms with E-state index in [0.29, 0.717) is 5.92 Å². The maximum Gasteiger partial charge on any atom is 0.225 e. The van der Waals surface area contributed by atoms with Crippen molar-refractivity contribution in [2.45, 2.75) is 47.0 Å². The molecule has 3 nitrogen and oxygen atoms in total. The zero-order valence-corrected chi connectivity index (χ0v) is 13.0. The van der Waals surface area contributed by atoms with Crippen LogP contribution in [0.4, 0.5) is 0 Å². The van der Waals surface area contributed by atoms with Crippen molar-refractivity contribution >= 4 is 18.3 Å². The van der Waals surface area contributed by atoms with Crippen molar-refractivity contribution in [1.82, 2.24) is 10.6 Å². The van der Waals surface area contributed by atoms with E-state index in [0.717, 1.165) is 38.4 Å². The Kier molecular flexibility index (Phi) is 7.88. The van der Waals surface area contributed by atoms with Crippen molar-refractivity contribution in [3.63, 3.8) is 0 Å². The van der Waals surface area contributed by atoms with Crippen molar-refractivity contribution < 1.29 is 4.79 Å². The number of carbonyl (C=O) groups excluding carboxylic acids is 1. The SMILES string of the molecule is CC(C)CC(C)(C)C(=O)NCCC1CCNC1.Cl. The number of halogens is 1. The quantitative estimate of drug-likeness (QED) is 0.783. The van der Waals surface area contributed by atoms with E-state index in [9.17, 15) is 4.79 Å². The Bertz CT molecular complexity index is 248. The zero-order valence-electron chi connectivity index (χ0n) is 12.2. The lowest BCUT2D eigenvalue weighted by atomic mass is 9.83. The van der Waals surface area contributed by atoms with E-state index in [1.165, 1.54) is 6.42 Å². The number of nitrogens with one attached hydrogen (secondary N) is 2. The van der Waals surface area contributed by atoms with Crippen LogP contribution >= 0.6 is 12.4 Å². The van der Waals surface area contributed by atoms with E-state index in [4.69, 9.17) is 0 Å². The summed E-state index contributed by atoms with van der Waals surface area (Å²) in [5, 5.41) is 6.44. The molecule has 1 saturated heterocycles. The number of hydrogen-bond acceptors (Lipinski definition) is 2. The Morgan fingerprint density at radius 2 is 2.11 bits per heavy atom. The zero-order chi connectivity index (χ0) is 12.9. The fraction of sp³-hybridized carbons (Fsp3) is 0.929. The van der Waals surface area contributed by atoms with Gasteiger partial charge in [0.15, 0.2) is 0 Å². The van der Waals surface area contributed by atoms with Crippen molar-refractivity contribution in [2.24, 2.45) is 17.3 Å². The molecule has 1 unspecified atom stereocenters. The molecular weight excluding hydrogens is 248 g/mol. The highest BCUT2D eigenvalue weighted by Gasteiger charge is 2.28. The normalized spacial score (nSPS) is 19.7. The average Bonchev–Trinajstić information content (AvgIpc) is 2.68. The van der Waals surface area contributed by atoms with Gasteiger partial charge in [-0.3, -0.25) is 4.79 Å². The van der Waals surface area contributed by atoms with Gasteiger partial charge in [-0.2, -0.15) is 0 Å². The molecule has 2 N–H and O–H groups in total. The highest BCUT2D eigenvalue weighted by Crippen LogP contribution is 2.25. The van der Waals surface area contributed by atoms with Crippen LogP contribution < -0.4 is 10.6 Å². The standard InChI is InChI=1S/C14H28N2O.ClH/c1-11(2)9-14(3,4)13(17)16-8-6-12-5-7-15-10-12;/h11-12,15H,5-10H2,1-4H3,(H,16,17);1H. The maximum absolute atomic E-state index is 12.0. The Morgan fingerprint density at radius 1 is 1.44 bits per heavy atom. The molecule has 0 radical (unpaired) electrons. The van der Waals surface area contributed by atoms with Gasteiger partial charge in [0.25, 0.3) is 0 Å². The molecule has 0 aromatic heterocycles. The summed E-state index contributed by atoms with van der Waals surface area (Å²) < 4.78 is 0. The molecule has 1 aliphatic heterocycles. The molecule has 0 aromatic carbocycles. The smallest absolute Gasteiger partial charge is 0.225 e. The van der Waals surface area contributed by atoms with Gasteiger partial charge in [0.05, 0.1) is 0 Å². The van der Waals surface area contributed by atoms with Gasteiger partial charge in [0.1, 0.15) is 0 Å². The van der Waals surface area contributed by atoms with Crippen LogP contribution in [-0.4, -0.2) is 25.5 Å². The molecule has 4 heteroatoms. The van der Waals surface area contributed by atoms with E-state index >= 15 is 0 Å². The summed E-state index contributed by atoms with van der Waals surface area (Å²) in [6.07, 6.45) is 3.31. The second-order valence-corrected chi connectivity index (χ2v) is 6.39. The van der Waals surface area contributed by atoms with Crippen LogP contribution in [0, 0.1) is 17.3 Å². The van der Waals surface area contributed by atoms with Crippen LogP contribution in [0.25, 0.3) is 0 Å². The molecule has 1 aliphatic rings. The topological polar surface area (TPSA) is 41.1 Å². The molecule has 1 fully saturated rings. The summed E-state index contributed by atoms with van der Waals surface area (Å²) >= 11 is 0. The van der Waals surface area contributed by atoms with Gasteiger partial charge in [-0.05, 0) is 44.2 Å². The third-order valence-corrected chi connectivity index (χ3v) is 3.53. The molecule has 0 aromatic rings.